The Labute approximate surface area is 97.5 Å². The summed E-state index contributed by atoms with van der Waals surface area (Å²) in [6.07, 6.45) is 0. The number of hydrogen-bond donors (Lipinski definition) is 1. The van der Waals surface area contributed by atoms with Gasteiger partial charge in [0.25, 0.3) is 5.56 Å². The molecule has 0 radical (unpaired) electrons. The van der Waals surface area contributed by atoms with E-state index in [9.17, 15) is 4.79 Å². The SMILES string of the molecule is CNCc1c(C)cc(C)n(CC(C)C)c1=O. The van der Waals surface area contributed by atoms with Crippen LogP contribution < -0.4 is 10.9 Å². The van der Waals surface area contributed by atoms with E-state index in [-0.39, 0.29) is 5.56 Å². The van der Waals surface area contributed by atoms with Crippen LogP contribution in [0.2, 0.25) is 0 Å². The van der Waals surface area contributed by atoms with E-state index in [1.807, 2.05) is 25.5 Å². The van der Waals surface area contributed by atoms with E-state index in [0.717, 1.165) is 23.4 Å². The molecule has 3 nitrogen and oxygen atoms in total. The predicted molar refractivity (Wildman–Crippen MR) is 67.8 cm³/mol. The van der Waals surface area contributed by atoms with Gasteiger partial charge in [0, 0.05) is 24.3 Å². The minimum atomic E-state index is 0.153. The van der Waals surface area contributed by atoms with Crippen molar-refractivity contribution in [1.29, 1.82) is 0 Å². The van der Waals surface area contributed by atoms with Gasteiger partial charge in [-0.25, -0.2) is 0 Å². The summed E-state index contributed by atoms with van der Waals surface area (Å²) in [6, 6.07) is 2.09. The van der Waals surface area contributed by atoms with Crippen LogP contribution >= 0.6 is 0 Å². The number of aryl methyl sites for hydroxylation is 2. The van der Waals surface area contributed by atoms with Gasteiger partial charge in [0.15, 0.2) is 0 Å². The van der Waals surface area contributed by atoms with Gasteiger partial charge in [0.1, 0.15) is 0 Å². The summed E-state index contributed by atoms with van der Waals surface area (Å²) in [4.78, 5) is 12.3. The molecule has 0 spiro atoms. The lowest BCUT2D eigenvalue weighted by Gasteiger charge is -2.16. The van der Waals surface area contributed by atoms with Gasteiger partial charge >= 0.3 is 0 Å². The summed E-state index contributed by atoms with van der Waals surface area (Å²) >= 11 is 0. The second kappa shape index (κ2) is 5.30. The second-order valence-corrected chi connectivity index (χ2v) is 4.79. The van der Waals surface area contributed by atoms with Crippen molar-refractivity contribution < 1.29 is 0 Å². The minimum Gasteiger partial charge on any atom is -0.315 e. The Kier molecular flexibility index (Phi) is 4.30. The molecule has 1 N–H and O–H groups in total. The van der Waals surface area contributed by atoms with Crippen LogP contribution in [0.3, 0.4) is 0 Å². The highest BCUT2D eigenvalue weighted by molar-refractivity contribution is 5.26. The number of nitrogens with zero attached hydrogens (tertiary/aromatic N) is 1. The molecule has 1 aromatic heterocycles. The predicted octanol–water partition coefficient (Wildman–Crippen LogP) is 1.84. The van der Waals surface area contributed by atoms with E-state index < -0.39 is 0 Å². The fraction of sp³-hybridized carbons (Fsp3) is 0.615. The summed E-state index contributed by atoms with van der Waals surface area (Å²) in [5, 5.41) is 3.05. The zero-order chi connectivity index (χ0) is 12.3. The van der Waals surface area contributed by atoms with Gasteiger partial charge in [-0.1, -0.05) is 13.8 Å². The molecular weight excluding hydrogens is 200 g/mol. The Morgan fingerprint density at radius 2 is 2.00 bits per heavy atom. The van der Waals surface area contributed by atoms with E-state index in [1.54, 1.807) is 0 Å². The second-order valence-electron chi connectivity index (χ2n) is 4.79. The highest BCUT2D eigenvalue weighted by atomic mass is 16.1. The first-order valence-electron chi connectivity index (χ1n) is 5.81. The molecule has 0 saturated heterocycles. The van der Waals surface area contributed by atoms with Gasteiger partial charge in [-0.3, -0.25) is 4.79 Å². The highest BCUT2D eigenvalue weighted by Gasteiger charge is 2.10. The molecule has 1 heterocycles. The van der Waals surface area contributed by atoms with Crippen LogP contribution in [-0.2, 0) is 13.1 Å². The molecule has 0 aromatic carbocycles. The molecule has 16 heavy (non-hydrogen) atoms. The molecule has 0 aliphatic rings. The van der Waals surface area contributed by atoms with Crippen LogP contribution in [-0.4, -0.2) is 11.6 Å². The molecule has 0 fully saturated rings. The average Bonchev–Trinajstić information content (AvgIpc) is 2.19. The number of pyridine rings is 1. The first kappa shape index (κ1) is 13.0. The smallest absolute Gasteiger partial charge is 0.255 e. The quantitative estimate of drug-likeness (QED) is 0.843. The van der Waals surface area contributed by atoms with Crippen LogP contribution in [0.5, 0.6) is 0 Å². The van der Waals surface area contributed by atoms with Crippen molar-refractivity contribution in [3.8, 4) is 0 Å². The molecule has 3 heteroatoms. The molecule has 90 valence electrons. The van der Waals surface area contributed by atoms with Crippen LogP contribution in [0, 0.1) is 19.8 Å². The third-order valence-electron chi connectivity index (χ3n) is 2.73. The minimum absolute atomic E-state index is 0.153. The van der Waals surface area contributed by atoms with Gasteiger partial charge in [0.05, 0.1) is 0 Å². The number of hydrogen-bond acceptors (Lipinski definition) is 2. The van der Waals surface area contributed by atoms with E-state index >= 15 is 0 Å². The highest BCUT2D eigenvalue weighted by Crippen LogP contribution is 2.08. The third-order valence-corrected chi connectivity index (χ3v) is 2.73. The van der Waals surface area contributed by atoms with Gasteiger partial charge in [-0.2, -0.15) is 0 Å². The van der Waals surface area contributed by atoms with Crippen LogP contribution in [0.4, 0.5) is 0 Å². The zero-order valence-electron chi connectivity index (χ0n) is 10.9. The molecule has 0 atom stereocenters. The molecule has 0 amide bonds. The van der Waals surface area contributed by atoms with E-state index in [0.29, 0.717) is 12.5 Å². The molecule has 0 saturated carbocycles. The summed E-state index contributed by atoms with van der Waals surface area (Å²) in [5.41, 5.74) is 3.17. The Morgan fingerprint density at radius 3 is 2.50 bits per heavy atom. The van der Waals surface area contributed by atoms with E-state index in [4.69, 9.17) is 0 Å². The molecule has 0 aliphatic carbocycles. The van der Waals surface area contributed by atoms with Gasteiger partial charge in [-0.15, -0.1) is 0 Å². The largest absolute Gasteiger partial charge is 0.315 e. The summed E-state index contributed by atoms with van der Waals surface area (Å²) in [5.74, 6) is 0.488. The Morgan fingerprint density at radius 1 is 1.38 bits per heavy atom. The molecule has 0 unspecified atom stereocenters. The van der Waals surface area contributed by atoms with Crippen molar-refractivity contribution in [2.45, 2.75) is 40.8 Å². The van der Waals surface area contributed by atoms with E-state index in [2.05, 4.69) is 25.2 Å². The van der Waals surface area contributed by atoms with Crippen LogP contribution in [0.25, 0.3) is 0 Å². The van der Waals surface area contributed by atoms with Gasteiger partial charge in [-0.05, 0) is 38.4 Å². The van der Waals surface area contributed by atoms with E-state index in [1.165, 1.54) is 0 Å². The lowest BCUT2D eigenvalue weighted by Crippen LogP contribution is -2.30. The molecule has 0 bridgehead atoms. The van der Waals surface area contributed by atoms with Gasteiger partial charge < -0.3 is 9.88 Å². The maximum Gasteiger partial charge on any atom is 0.255 e. The lowest BCUT2D eigenvalue weighted by atomic mass is 10.1. The topological polar surface area (TPSA) is 34.0 Å². The molecule has 0 aliphatic heterocycles. The Hall–Kier alpha value is -1.09. The normalized spacial score (nSPS) is 11.1. The maximum absolute atomic E-state index is 12.3. The molecular formula is C13H22N2O. The maximum atomic E-state index is 12.3. The summed E-state index contributed by atoms with van der Waals surface area (Å²) in [7, 11) is 1.87. The lowest BCUT2D eigenvalue weighted by molar-refractivity contribution is 0.498. The summed E-state index contributed by atoms with van der Waals surface area (Å²) < 4.78 is 1.88. The first-order chi connectivity index (χ1) is 7.47. The zero-order valence-corrected chi connectivity index (χ0v) is 10.9. The Bertz CT molecular complexity index is 419. The fourth-order valence-corrected chi connectivity index (χ4v) is 1.95. The monoisotopic (exact) mass is 222 g/mol. The fourth-order valence-electron chi connectivity index (χ4n) is 1.95. The van der Waals surface area contributed by atoms with Crippen molar-refractivity contribution >= 4 is 0 Å². The Balaban J connectivity index is 3.27. The van der Waals surface area contributed by atoms with Crippen molar-refractivity contribution in [2.75, 3.05) is 7.05 Å². The van der Waals surface area contributed by atoms with Gasteiger partial charge in [0.2, 0.25) is 0 Å². The average molecular weight is 222 g/mol. The molecule has 1 rings (SSSR count). The van der Waals surface area contributed by atoms with Crippen molar-refractivity contribution in [2.24, 2.45) is 5.92 Å². The van der Waals surface area contributed by atoms with Crippen molar-refractivity contribution in [1.82, 2.24) is 9.88 Å². The standard InChI is InChI=1S/C13H22N2O/c1-9(2)8-15-11(4)6-10(3)12(7-14-5)13(15)16/h6,9,14H,7-8H2,1-5H3. The van der Waals surface area contributed by atoms with Crippen molar-refractivity contribution in [3.05, 3.63) is 33.2 Å². The van der Waals surface area contributed by atoms with Crippen LogP contribution in [0.15, 0.2) is 10.9 Å². The van der Waals surface area contributed by atoms with Crippen molar-refractivity contribution in [3.63, 3.8) is 0 Å². The number of aromatic nitrogens is 1. The summed E-state index contributed by atoms with van der Waals surface area (Å²) in [6.45, 7) is 9.69. The third kappa shape index (κ3) is 2.73. The first-order valence-corrected chi connectivity index (χ1v) is 5.81. The number of rotatable bonds is 4. The molecule has 1 aromatic rings. The number of nitrogens with one attached hydrogen (secondary N) is 1. The van der Waals surface area contributed by atoms with Crippen LogP contribution in [0.1, 0.15) is 30.7 Å².